The molecule has 0 unspecified atom stereocenters. The molecule has 0 bridgehead atoms. The van der Waals surface area contributed by atoms with E-state index in [1.165, 1.54) is 0 Å². The largest absolute Gasteiger partial charge is 3.00 e. The van der Waals surface area contributed by atoms with Crippen molar-refractivity contribution in [3.63, 3.8) is 0 Å². The minimum Gasteiger partial charge on any atom is -1.00 e. The Bertz CT molecular complexity index is 8.75. The molecule has 0 radical (unpaired) electrons. The molecule has 6 heavy (non-hydrogen) atoms. The molecule has 0 atom stereocenters. The van der Waals surface area contributed by atoms with E-state index in [4.69, 9.17) is 0 Å². The number of hydrogen-bond donors (Lipinski definition) is 0. The Kier molecular flexibility index (Phi) is 1220. The first-order chi connectivity index (χ1) is 1.00. The van der Waals surface area contributed by atoms with E-state index in [9.17, 15) is 0 Å². The van der Waals surface area contributed by atoms with Crippen LogP contribution in [-0.2, 0) is 0 Å². The quantitative estimate of drug-likeness (QED) is 0.245. The number of halogens is 3. The summed E-state index contributed by atoms with van der Waals surface area (Å²) >= 11 is 0. The molecule has 0 aliphatic rings. The van der Waals surface area contributed by atoms with Crippen LogP contribution in [0.15, 0.2) is 13.2 Å². The molecule has 0 heterocycles. The van der Waals surface area contributed by atoms with Gasteiger partial charge in [0.25, 0.3) is 0 Å². The molecule has 0 saturated carbocycles. The molecule has 0 amide bonds. The van der Waals surface area contributed by atoms with E-state index < -0.39 is 0 Å². The second-order valence-electron chi connectivity index (χ2n) is 0. The van der Waals surface area contributed by atoms with Crippen molar-refractivity contribution in [2.45, 2.75) is 0 Å². The van der Waals surface area contributed by atoms with Gasteiger partial charge in [0.05, 0.1) is 0 Å². The van der Waals surface area contributed by atoms with E-state index in [1.54, 1.807) is 0 Å². The maximum Gasteiger partial charge on any atom is 3.00 e. The fourth-order valence-corrected chi connectivity index (χ4v) is 0. The van der Waals surface area contributed by atoms with Crippen LogP contribution >= 0.6 is 0 Å². The zero-order valence-electron chi connectivity index (χ0n) is 3.13. The Labute approximate surface area is 67.7 Å². The molecule has 0 aliphatic carbocycles. The van der Waals surface area contributed by atoms with Crippen LogP contribution in [-0.4, -0.2) is 17.4 Å². The van der Waals surface area contributed by atoms with Gasteiger partial charge in [-0.05, 0) is 0 Å². The van der Waals surface area contributed by atoms with Crippen LogP contribution in [0.2, 0.25) is 0 Å². The van der Waals surface area contributed by atoms with E-state index in [0.717, 1.165) is 0 Å². The normalized spacial score (nSPS) is 0.667. The van der Waals surface area contributed by atoms with Crippen molar-refractivity contribution in [3.05, 3.63) is 13.2 Å². The van der Waals surface area contributed by atoms with Crippen molar-refractivity contribution in [2.24, 2.45) is 0 Å². The van der Waals surface area contributed by atoms with Crippen molar-refractivity contribution in [1.29, 1.82) is 0 Å². The van der Waals surface area contributed by atoms with Crippen LogP contribution in [0, 0.1) is 0 Å². The van der Waals surface area contributed by atoms with Crippen molar-refractivity contribution in [3.8, 4) is 0 Å². The van der Waals surface area contributed by atoms with Crippen LogP contribution in [0.25, 0.3) is 0 Å². The molecule has 0 aromatic rings. The Hall–Kier alpha value is 1.14. The summed E-state index contributed by atoms with van der Waals surface area (Å²) in [5, 5.41) is 0. The first-order valence-corrected chi connectivity index (χ1v) is 0.500. The van der Waals surface area contributed by atoms with Crippen LogP contribution in [0.4, 0.5) is 0 Å². The summed E-state index contributed by atoms with van der Waals surface area (Å²) in [4.78, 5) is 0. The Morgan fingerprint density at radius 2 is 0.667 bits per heavy atom. The molecule has 0 aromatic heterocycles. The maximum atomic E-state index is 3.00. The van der Waals surface area contributed by atoms with Gasteiger partial charge in [-0.1, -0.05) is 0 Å². The van der Waals surface area contributed by atoms with Gasteiger partial charge in [0.1, 0.15) is 0 Å². The van der Waals surface area contributed by atoms with E-state index >= 15 is 0 Å². The van der Waals surface area contributed by atoms with Gasteiger partial charge in [-0.25, -0.2) is 0 Å². The molecule has 0 spiro atoms. The maximum absolute atomic E-state index is 3.00. The minimum absolute atomic E-state index is 0. The average Bonchev–Trinajstić information content (AvgIpc) is 1.00. The van der Waals surface area contributed by atoms with Gasteiger partial charge in [-0.2, -0.15) is 0 Å². The summed E-state index contributed by atoms with van der Waals surface area (Å²) in [5.74, 6) is 0. The fourth-order valence-electron chi connectivity index (χ4n) is 0. The standard InChI is InChI=1S/C2H4.Al.3ClH/c1-2;;;;/h1-2H2;;3*1H/q;+3;;;/p-3. The summed E-state index contributed by atoms with van der Waals surface area (Å²) < 4.78 is 0. The minimum atomic E-state index is 0. The predicted molar refractivity (Wildman–Crippen MR) is 17.0 cm³/mol. The van der Waals surface area contributed by atoms with Gasteiger partial charge in [-0.15, -0.1) is 13.2 Å². The third-order valence-electron chi connectivity index (χ3n) is 0. The average molecular weight is 161 g/mol. The van der Waals surface area contributed by atoms with E-state index in [0.29, 0.717) is 0 Å². The second-order valence-corrected chi connectivity index (χ2v) is 0. The summed E-state index contributed by atoms with van der Waals surface area (Å²) in [6.07, 6.45) is 0. The summed E-state index contributed by atoms with van der Waals surface area (Å²) in [6, 6.07) is 0. The smallest absolute Gasteiger partial charge is 1.00 e. The molecule has 0 N–H and O–H groups in total. The fraction of sp³-hybridized carbons (Fsp3) is 0. The van der Waals surface area contributed by atoms with E-state index in [2.05, 4.69) is 13.2 Å². The zero-order valence-corrected chi connectivity index (χ0v) is 6.55. The van der Waals surface area contributed by atoms with Gasteiger partial charge in [0.2, 0.25) is 0 Å². The molecular weight excluding hydrogens is 157 g/mol. The molecule has 0 rings (SSSR count). The summed E-state index contributed by atoms with van der Waals surface area (Å²) in [5.41, 5.74) is 0. The van der Waals surface area contributed by atoms with Gasteiger partial charge < -0.3 is 37.2 Å². The summed E-state index contributed by atoms with van der Waals surface area (Å²) in [7, 11) is 0. The number of hydrogen-bond acceptors (Lipinski definition) is 0. The van der Waals surface area contributed by atoms with E-state index in [1.807, 2.05) is 0 Å². The van der Waals surface area contributed by atoms with Crippen molar-refractivity contribution >= 4 is 17.4 Å². The molecule has 4 heteroatoms. The molecule has 0 fully saturated rings. The Morgan fingerprint density at radius 3 is 0.667 bits per heavy atom. The van der Waals surface area contributed by atoms with Crippen LogP contribution < -0.4 is 37.2 Å². The first kappa shape index (κ1) is 58.7. The molecule has 0 aliphatic heterocycles. The SMILES string of the molecule is C=C.[Al+3].[Cl-].[Cl-].[Cl-]. The Morgan fingerprint density at radius 1 is 0.667 bits per heavy atom. The molecule has 0 saturated heterocycles. The molecule has 0 nitrogen and oxygen atoms in total. The summed E-state index contributed by atoms with van der Waals surface area (Å²) in [6.45, 7) is 6.00. The number of rotatable bonds is 0. The molecule has 36 valence electrons. The van der Waals surface area contributed by atoms with Crippen molar-refractivity contribution in [2.75, 3.05) is 0 Å². The van der Waals surface area contributed by atoms with Gasteiger partial charge in [-0.3, -0.25) is 0 Å². The molecule has 0 aromatic carbocycles. The third-order valence-corrected chi connectivity index (χ3v) is 0. The van der Waals surface area contributed by atoms with Gasteiger partial charge >= 0.3 is 17.4 Å². The predicted octanol–water partition coefficient (Wildman–Crippen LogP) is -8.57. The van der Waals surface area contributed by atoms with Gasteiger partial charge in [0, 0.05) is 0 Å². The van der Waals surface area contributed by atoms with Crippen molar-refractivity contribution < 1.29 is 37.2 Å². The van der Waals surface area contributed by atoms with Crippen LogP contribution in [0.5, 0.6) is 0 Å². The first-order valence-electron chi connectivity index (χ1n) is 0.500. The third kappa shape index (κ3) is 67.6. The zero-order chi connectivity index (χ0) is 2.00. The van der Waals surface area contributed by atoms with Crippen molar-refractivity contribution in [1.82, 2.24) is 0 Å². The molecular formula is C2H4AlCl3. The van der Waals surface area contributed by atoms with Crippen LogP contribution in [0.3, 0.4) is 0 Å². The van der Waals surface area contributed by atoms with Crippen LogP contribution in [0.1, 0.15) is 0 Å². The van der Waals surface area contributed by atoms with Gasteiger partial charge in [0.15, 0.2) is 0 Å². The van der Waals surface area contributed by atoms with E-state index in [-0.39, 0.29) is 54.6 Å². The monoisotopic (exact) mass is 160 g/mol. The second kappa shape index (κ2) is 124. The Balaban J connectivity index is -0.000000000833. The topological polar surface area (TPSA) is 0 Å².